The molecule has 2 rings (SSSR count). The van der Waals surface area contributed by atoms with Crippen molar-refractivity contribution < 1.29 is 8.78 Å². The van der Waals surface area contributed by atoms with Gasteiger partial charge in [0.15, 0.2) is 12.2 Å². The van der Waals surface area contributed by atoms with E-state index in [4.69, 9.17) is 0 Å². The zero-order valence-electron chi connectivity index (χ0n) is 7.33. The van der Waals surface area contributed by atoms with E-state index in [1.54, 1.807) is 7.05 Å². The SMILES string of the molecule is Cn1[c]nc(-c2ccc(F)cc2F)n1. The second-order valence-electron chi connectivity index (χ2n) is 2.78. The number of rotatable bonds is 1. The van der Waals surface area contributed by atoms with Crippen molar-refractivity contribution >= 4 is 0 Å². The minimum atomic E-state index is -0.676. The molecule has 71 valence electrons. The molecule has 1 aromatic carbocycles. The molecule has 1 radical (unpaired) electrons. The first-order valence-electron chi connectivity index (χ1n) is 3.91. The maximum atomic E-state index is 13.2. The Balaban J connectivity index is 2.52. The van der Waals surface area contributed by atoms with Crippen LogP contribution in [0.4, 0.5) is 8.78 Å². The van der Waals surface area contributed by atoms with Crippen molar-refractivity contribution in [1.29, 1.82) is 0 Å². The van der Waals surface area contributed by atoms with Gasteiger partial charge in [-0.3, -0.25) is 0 Å². The lowest BCUT2D eigenvalue weighted by molar-refractivity contribution is 0.584. The minimum Gasteiger partial charge on any atom is -0.246 e. The summed E-state index contributed by atoms with van der Waals surface area (Å²) in [6, 6.07) is 3.26. The molecule has 0 aliphatic heterocycles. The fraction of sp³-hybridized carbons (Fsp3) is 0.111. The lowest BCUT2D eigenvalue weighted by atomic mass is 10.2. The van der Waals surface area contributed by atoms with Gasteiger partial charge in [-0.25, -0.2) is 18.4 Å². The Morgan fingerprint density at radius 2 is 2.14 bits per heavy atom. The molecule has 5 heteroatoms. The smallest absolute Gasteiger partial charge is 0.196 e. The average molecular weight is 194 g/mol. The molecular formula is C9H6F2N3. The lowest BCUT2D eigenvalue weighted by Crippen LogP contribution is -1.91. The van der Waals surface area contributed by atoms with E-state index in [0.717, 1.165) is 12.1 Å². The van der Waals surface area contributed by atoms with Gasteiger partial charge in [0.05, 0.1) is 5.56 Å². The summed E-state index contributed by atoms with van der Waals surface area (Å²) in [6.45, 7) is 0. The maximum absolute atomic E-state index is 13.2. The first kappa shape index (κ1) is 8.80. The highest BCUT2D eigenvalue weighted by Gasteiger charge is 2.09. The van der Waals surface area contributed by atoms with Gasteiger partial charge in [-0.05, 0) is 12.1 Å². The molecule has 1 aromatic heterocycles. The van der Waals surface area contributed by atoms with Crippen LogP contribution in [0, 0.1) is 18.0 Å². The molecular weight excluding hydrogens is 188 g/mol. The van der Waals surface area contributed by atoms with Gasteiger partial charge in [-0.15, -0.1) is 0 Å². The van der Waals surface area contributed by atoms with Gasteiger partial charge >= 0.3 is 0 Å². The van der Waals surface area contributed by atoms with E-state index in [-0.39, 0.29) is 11.4 Å². The molecule has 0 atom stereocenters. The molecule has 3 nitrogen and oxygen atoms in total. The summed E-state index contributed by atoms with van der Waals surface area (Å²) < 4.78 is 27.1. The Morgan fingerprint density at radius 1 is 1.36 bits per heavy atom. The third-order valence-electron chi connectivity index (χ3n) is 1.72. The van der Waals surface area contributed by atoms with Crippen molar-refractivity contribution in [1.82, 2.24) is 14.8 Å². The van der Waals surface area contributed by atoms with Crippen LogP contribution in [0.15, 0.2) is 18.2 Å². The summed E-state index contributed by atoms with van der Waals surface area (Å²) in [5.41, 5.74) is 0.170. The van der Waals surface area contributed by atoms with Gasteiger partial charge in [0.25, 0.3) is 0 Å². The third kappa shape index (κ3) is 1.48. The summed E-state index contributed by atoms with van der Waals surface area (Å²) in [5, 5.41) is 3.86. The number of benzene rings is 1. The largest absolute Gasteiger partial charge is 0.246 e. The molecule has 0 bridgehead atoms. The molecule has 0 aliphatic carbocycles. The first-order chi connectivity index (χ1) is 6.66. The Labute approximate surface area is 79.0 Å². The quantitative estimate of drug-likeness (QED) is 0.689. The minimum absolute atomic E-state index is 0.170. The van der Waals surface area contributed by atoms with E-state index in [1.807, 2.05) is 0 Å². The molecule has 0 spiro atoms. The van der Waals surface area contributed by atoms with Gasteiger partial charge in [0.1, 0.15) is 11.6 Å². The van der Waals surface area contributed by atoms with Crippen LogP contribution in [0.3, 0.4) is 0 Å². The number of nitrogens with zero attached hydrogens (tertiary/aromatic N) is 3. The van der Waals surface area contributed by atoms with Crippen molar-refractivity contribution in [2.24, 2.45) is 7.05 Å². The Bertz CT molecular complexity index is 465. The Hall–Kier alpha value is -1.78. The highest BCUT2D eigenvalue weighted by Crippen LogP contribution is 2.18. The number of hydrogen-bond donors (Lipinski definition) is 0. The predicted octanol–water partition coefficient (Wildman–Crippen LogP) is 1.56. The molecule has 0 aliphatic rings. The highest BCUT2D eigenvalue weighted by atomic mass is 19.1. The van der Waals surface area contributed by atoms with E-state index >= 15 is 0 Å². The predicted molar refractivity (Wildman–Crippen MR) is 45.2 cm³/mol. The number of aromatic nitrogens is 3. The number of aryl methyl sites for hydroxylation is 1. The molecule has 0 saturated carbocycles. The highest BCUT2D eigenvalue weighted by molar-refractivity contribution is 5.54. The van der Waals surface area contributed by atoms with E-state index in [1.165, 1.54) is 10.7 Å². The fourth-order valence-corrected chi connectivity index (χ4v) is 1.09. The maximum Gasteiger partial charge on any atom is 0.196 e. The van der Waals surface area contributed by atoms with E-state index in [2.05, 4.69) is 16.4 Å². The lowest BCUT2D eigenvalue weighted by Gasteiger charge is -1.97. The van der Waals surface area contributed by atoms with Crippen LogP contribution in [0.25, 0.3) is 11.4 Å². The average Bonchev–Trinajstić information content (AvgIpc) is 2.51. The Kier molecular flexibility index (Phi) is 1.99. The number of halogens is 2. The van der Waals surface area contributed by atoms with E-state index in [9.17, 15) is 8.78 Å². The second-order valence-corrected chi connectivity index (χ2v) is 2.78. The summed E-state index contributed by atoms with van der Waals surface area (Å²) in [6.07, 6.45) is 2.50. The fourth-order valence-electron chi connectivity index (χ4n) is 1.09. The summed E-state index contributed by atoms with van der Waals surface area (Å²) >= 11 is 0. The standard InChI is InChI=1S/C9H6F2N3/c1-14-5-12-9(13-14)7-3-2-6(10)4-8(7)11/h2-4H,1H3. The van der Waals surface area contributed by atoms with Crippen molar-refractivity contribution in [3.05, 3.63) is 36.2 Å². The van der Waals surface area contributed by atoms with Crippen LogP contribution in [0.2, 0.25) is 0 Å². The molecule has 2 aromatic rings. The third-order valence-corrected chi connectivity index (χ3v) is 1.72. The topological polar surface area (TPSA) is 30.7 Å². The van der Waals surface area contributed by atoms with Crippen molar-refractivity contribution in [2.75, 3.05) is 0 Å². The summed E-state index contributed by atoms with van der Waals surface area (Å²) in [4.78, 5) is 3.74. The van der Waals surface area contributed by atoms with Crippen molar-refractivity contribution in [2.45, 2.75) is 0 Å². The van der Waals surface area contributed by atoms with Gasteiger partial charge < -0.3 is 0 Å². The van der Waals surface area contributed by atoms with Gasteiger partial charge in [0, 0.05) is 13.1 Å². The molecule has 0 amide bonds. The van der Waals surface area contributed by atoms with Crippen LogP contribution in [0.1, 0.15) is 0 Å². The molecule has 14 heavy (non-hydrogen) atoms. The van der Waals surface area contributed by atoms with Crippen LogP contribution in [-0.2, 0) is 7.05 Å². The summed E-state index contributed by atoms with van der Waals surface area (Å²) in [5.74, 6) is -1.10. The van der Waals surface area contributed by atoms with Crippen molar-refractivity contribution in [3.63, 3.8) is 0 Å². The zero-order chi connectivity index (χ0) is 10.1. The monoisotopic (exact) mass is 194 g/mol. The van der Waals surface area contributed by atoms with E-state index in [0.29, 0.717) is 0 Å². The molecule has 0 saturated heterocycles. The molecule has 1 heterocycles. The van der Waals surface area contributed by atoms with Crippen LogP contribution >= 0.6 is 0 Å². The van der Waals surface area contributed by atoms with Crippen LogP contribution in [-0.4, -0.2) is 14.8 Å². The van der Waals surface area contributed by atoms with Gasteiger partial charge in [-0.1, -0.05) is 0 Å². The van der Waals surface area contributed by atoms with Gasteiger partial charge in [0.2, 0.25) is 0 Å². The van der Waals surface area contributed by atoms with Gasteiger partial charge in [-0.2, -0.15) is 5.10 Å². The van der Waals surface area contributed by atoms with Crippen LogP contribution < -0.4 is 0 Å². The van der Waals surface area contributed by atoms with Crippen LogP contribution in [0.5, 0.6) is 0 Å². The molecule has 0 unspecified atom stereocenters. The first-order valence-corrected chi connectivity index (χ1v) is 3.91. The number of hydrogen-bond acceptors (Lipinski definition) is 2. The van der Waals surface area contributed by atoms with E-state index < -0.39 is 11.6 Å². The zero-order valence-corrected chi connectivity index (χ0v) is 7.33. The molecule has 0 fully saturated rings. The Morgan fingerprint density at radius 3 is 2.71 bits per heavy atom. The molecule has 0 N–H and O–H groups in total. The summed E-state index contributed by atoms with van der Waals surface area (Å²) in [7, 11) is 1.62. The normalized spacial score (nSPS) is 10.5. The second kappa shape index (κ2) is 3.17. The van der Waals surface area contributed by atoms with Crippen molar-refractivity contribution in [3.8, 4) is 11.4 Å².